The second-order valence-corrected chi connectivity index (χ2v) is 6.77. The maximum atomic E-state index is 10.7. The van der Waals surface area contributed by atoms with Gasteiger partial charge in [-0.15, -0.1) is 11.3 Å². The van der Waals surface area contributed by atoms with Gasteiger partial charge in [-0.2, -0.15) is 0 Å². The normalized spacial score (nSPS) is 21.8. The molecule has 0 radical (unpaired) electrons. The third-order valence-electron chi connectivity index (χ3n) is 3.36. The van der Waals surface area contributed by atoms with E-state index >= 15 is 0 Å². The predicted molar refractivity (Wildman–Crippen MR) is 70.4 cm³/mol. The van der Waals surface area contributed by atoms with E-state index in [-0.39, 0.29) is 0 Å². The van der Waals surface area contributed by atoms with Crippen molar-refractivity contribution in [1.29, 1.82) is 0 Å². The van der Waals surface area contributed by atoms with E-state index in [2.05, 4.69) is 0 Å². The first-order valence-corrected chi connectivity index (χ1v) is 6.56. The van der Waals surface area contributed by atoms with Gasteiger partial charge in [0.05, 0.1) is 20.4 Å². The average molecular weight is 273 g/mol. The lowest BCUT2D eigenvalue weighted by Crippen LogP contribution is -2.41. The van der Waals surface area contributed by atoms with E-state index in [9.17, 15) is 4.79 Å². The molecule has 1 fully saturated rings. The van der Waals surface area contributed by atoms with Crippen molar-refractivity contribution in [1.82, 2.24) is 0 Å². The van der Waals surface area contributed by atoms with Gasteiger partial charge >= 0.3 is 7.12 Å². The maximum absolute atomic E-state index is 10.7. The highest BCUT2D eigenvalue weighted by Gasteiger charge is 2.52. The monoisotopic (exact) mass is 272 g/mol. The standard InChI is InChI=1S/C11H14BClO3S/c1-10(2)11(3,4)16-12(15-10)8-5-7(6-14)17-9(8)13/h5-6H,1-4H3. The summed E-state index contributed by atoms with van der Waals surface area (Å²) in [6.07, 6.45) is 0.783. The molecule has 0 amide bonds. The van der Waals surface area contributed by atoms with Crippen molar-refractivity contribution in [3.8, 4) is 0 Å². The predicted octanol–water partition coefficient (Wildman–Crippen LogP) is 2.51. The first-order valence-electron chi connectivity index (χ1n) is 5.37. The van der Waals surface area contributed by atoms with Crippen molar-refractivity contribution in [3.05, 3.63) is 15.3 Å². The highest BCUT2D eigenvalue weighted by atomic mass is 35.5. The van der Waals surface area contributed by atoms with E-state index in [4.69, 9.17) is 20.9 Å². The fourth-order valence-electron chi connectivity index (χ4n) is 1.59. The molecule has 0 spiro atoms. The smallest absolute Gasteiger partial charge is 0.399 e. The van der Waals surface area contributed by atoms with Crippen LogP contribution >= 0.6 is 22.9 Å². The first kappa shape index (κ1) is 13.1. The highest BCUT2D eigenvalue weighted by molar-refractivity contribution is 7.19. The Kier molecular flexibility index (Phi) is 3.15. The van der Waals surface area contributed by atoms with Gasteiger partial charge in [-0.1, -0.05) is 11.6 Å². The molecule has 1 aliphatic heterocycles. The van der Waals surface area contributed by atoms with E-state index in [0.717, 1.165) is 11.7 Å². The number of carbonyl (C=O) groups is 1. The molecular formula is C11H14BClO3S. The summed E-state index contributed by atoms with van der Waals surface area (Å²) in [4.78, 5) is 11.3. The Labute approximate surface area is 110 Å². The number of halogens is 1. The minimum atomic E-state index is -0.502. The summed E-state index contributed by atoms with van der Waals surface area (Å²) in [5, 5.41) is 0. The second-order valence-electron chi connectivity index (χ2n) is 5.08. The molecule has 17 heavy (non-hydrogen) atoms. The summed E-state index contributed by atoms with van der Waals surface area (Å²) >= 11 is 7.33. The second kappa shape index (κ2) is 4.09. The van der Waals surface area contributed by atoms with Crippen LogP contribution in [0.2, 0.25) is 4.34 Å². The fourth-order valence-corrected chi connectivity index (χ4v) is 2.72. The van der Waals surface area contributed by atoms with Crippen LogP contribution in [0.1, 0.15) is 37.4 Å². The molecule has 0 bridgehead atoms. The summed E-state index contributed by atoms with van der Waals surface area (Å²) in [7, 11) is -0.502. The van der Waals surface area contributed by atoms with Gasteiger partial charge in [-0.05, 0) is 33.8 Å². The summed E-state index contributed by atoms with van der Waals surface area (Å²) in [5.74, 6) is 0. The van der Waals surface area contributed by atoms with E-state index in [1.165, 1.54) is 11.3 Å². The molecule has 2 rings (SSSR count). The van der Waals surface area contributed by atoms with Crippen LogP contribution in [0, 0.1) is 0 Å². The van der Waals surface area contributed by atoms with E-state index < -0.39 is 18.3 Å². The largest absolute Gasteiger partial charge is 0.497 e. The van der Waals surface area contributed by atoms with Gasteiger partial charge < -0.3 is 9.31 Å². The molecule has 3 nitrogen and oxygen atoms in total. The Bertz CT molecular complexity index is 440. The molecule has 0 atom stereocenters. The summed E-state index contributed by atoms with van der Waals surface area (Å²) in [6.45, 7) is 7.92. The molecule has 1 aromatic rings. The summed E-state index contributed by atoms with van der Waals surface area (Å²) in [5.41, 5.74) is -0.0634. The van der Waals surface area contributed by atoms with Crippen LogP contribution in [0.4, 0.5) is 0 Å². The molecule has 0 aromatic carbocycles. The van der Waals surface area contributed by atoms with Crippen molar-refractivity contribution in [2.24, 2.45) is 0 Å². The molecule has 0 N–H and O–H groups in total. The molecule has 0 unspecified atom stereocenters. The molecule has 2 heterocycles. The van der Waals surface area contributed by atoms with Crippen LogP contribution in [0.3, 0.4) is 0 Å². The zero-order valence-corrected chi connectivity index (χ0v) is 11.8. The van der Waals surface area contributed by atoms with Crippen LogP contribution in [-0.4, -0.2) is 24.6 Å². The van der Waals surface area contributed by atoms with Gasteiger partial charge in [0.25, 0.3) is 0 Å². The average Bonchev–Trinajstić information content (AvgIpc) is 2.66. The lowest BCUT2D eigenvalue weighted by molar-refractivity contribution is 0.00578. The molecular weight excluding hydrogens is 258 g/mol. The minimum Gasteiger partial charge on any atom is -0.399 e. The Morgan fingerprint density at radius 3 is 2.24 bits per heavy atom. The Hall–Kier alpha value is -0.355. The third-order valence-corrected chi connectivity index (χ3v) is 4.67. The zero-order chi connectivity index (χ0) is 12.8. The lowest BCUT2D eigenvalue weighted by Gasteiger charge is -2.32. The number of thiophene rings is 1. The van der Waals surface area contributed by atoms with Crippen molar-refractivity contribution >= 4 is 41.8 Å². The van der Waals surface area contributed by atoms with Crippen LogP contribution in [0.15, 0.2) is 6.07 Å². The van der Waals surface area contributed by atoms with E-state index in [1.807, 2.05) is 27.7 Å². The van der Waals surface area contributed by atoms with Crippen molar-refractivity contribution in [3.63, 3.8) is 0 Å². The third kappa shape index (κ3) is 2.17. The number of hydrogen-bond acceptors (Lipinski definition) is 4. The number of rotatable bonds is 2. The van der Waals surface area contributed by atoms with Crippen LogP contribution in [0.25, 0.3) is 0 Å². The first-order chi connectivity index (χ1) is 7.77. The van der Waals surface area contributed by atoms with Gasteiger partial charge in [-0.25, -0.2) is 0 Å². The molecule has 1 aromatic heterocycles. The molecule has 1 saturated heterocycles. The van der Waals surface area contributed by atoms with Crippen LogP contribution in [-0.2, 0) is 9.31 Å². The Morgan fingerprint density at radius 1 is 1.29 bits per heavy atom. The van der Waals surface area contributed by atoms with Crippen molar-refractivity contribution < 1.29 is 14.1 Å². The topological polar surface area (TPSA) is 35.5 Å². The Morgan fingerprint density at radius 2 is 1.82 bits per heavy atom. The van der Waals surface area contributed by atoms with Crippen LogP contribution < -0.4 is 5.46 Å². The zero-order valence-electron chi connectivity index (χ0n) is 10.2. The minimum absolute atomic E-state index is 0.399. The van der Waals surface area contributed by atoms with Gasteiger partial charge in [-0.3, -0.25) is 4.79 Å². The van der Waals surface area contributed by atoms with E-state index in [0.29, 0.717) is 9.21 Å². The van der Waals surface area contributed by atoms with Gasteiger partial charge in [0, 0.05) is 5.46 Å². The highest BCUT2D eigenvalue weighted by Crippen LogP contribution is 2.37. The fraction of sp³-hybridized carbons (Fsp3) is 0.545. The number of hydrogen-bond donors (Lipinski definition) is 0. The maximum Gasteiger partial charge on any atom is 0.497 e. The van der Waals surface area contributed by atoms with Crippen LogP contribution in [0.5, 0.6) is 0 Å². The van der Waals surface area contributed by atoms with Gasteiger partial charge in [0.15, 0.2) is 6.29 Å². The quantitative estimate of drug-likeness (QED) is 0.613. The molecule has 6 heteroatoms. The summed E-state index contributed by atoms with van der Waals surface area (Å²) < 4.78 is 12.3. The molecule has 0 saturated carbocycles. The molecule has 0 aliphatic carbocycles. The number of carbonyl (C=O) groups excluding carboxylic acids is 1. The van der Waals surface area contributed by atoms with Crippen molar-refractivity contribution in [2.45, 2.75) is 38.9 Å². The SMILES string of the molecule is CC1(C)OB(c2cc(C=O)sc2Cl)OC1(C)C. The van der Waals surface area contributed by atoms with Gasteiger partial charge in [0.1, 0.15) is 0 Å². The summed E-state index contributed by atoms with van der Waals surface area (Å²) in [6, 6.07) is 1.72. The lowest BCUT2D eigenvalue weighted by atomic mass is 9.81. The number of aldehydes is 1. The van der Waals surface area contributed by atoms with Gasteiger partial charge in [0.2, 0.25) is 0 Å². The van der Waals surface area contributed by atoms with E-state index in [1.54, 1.807) is 6.07 Å². The molecule has 92 valence electrons. The Balaban J connectivity index is 2.31. The van der Waals surface area contributed by atoms with Crippen molar-refractivity contribution in [2.75, 3.05) is 0 Å². The molecule has 1 aliphatic rings.